The number of carbonyl (C=O) groups excluding carboxylic acids is 3. The number of aryl methyl sites for hydroxylation is 3. The van der Waals surface area contributed by atoms with Crippen LogP contribution < -0.4 is 14.7 Å². The van der Waals surface area contributed by atoms with E-state index in [1.54, 1.807) is 36.9 Å². The third-order valence-electron chi connectivity index (χ3n) is 15.9. The van der Waals surface area contributed by atoms with E-state index >= 15 is 14.4 Å². The number of amides is 3. The molecule has 0 spiro atoms. The molecule has 96 heavy (non-hydrogen) atoms. The fourth-order valence-electron chi connectivity index (χ4n) is 10.3. The number of benzene rings is 3. The lowest BCUT2D eigenvalue weighted by atomic mass is 9.93. The quantitative estimate of drug-likeness (QED) is 0.111. The summed E-state index contributed by atoms with van der Waals surface area (Å²) in [6, 6.07) is 34.3. The molecule has 492 valence electrons. The number of hydrogen-bond acceptors (Lipinski definition) is 16. The summed E-state index contributed by atoms with van der Waals surface area (Å²) in [6.07, 6.45) is 6.75. The minimum Gasteiger partial charge on any atom is -0.268 e. The highest BCUT2D eigenvalue weighted by Crippen LogP contribution is 2.38. The van der Waals surface area contributed by atoms with Crippen LogP contribution in [0.2, 0.25) is 0 Å². The second kappa shape index (κ2) is 25.8. The van der Waals surface area contributed by atoms with Crippen LogP contribution in [0.4, 0.5) is 34.9 Å². The lowest BCUT2D eigenvalue weighted by Gasteiger charge is -2.28. The molecule has 0 saturated heterocycles. The first-order chi connectivity index (χ1) is 44.8. The van der Waals surface area contributed by atoms with Crippen molar-refractivity contribution < 1.29 is 14.4 Å². The number of carbonyl (C=O) groups is 3. The van der Waals surface area contributed by atoms with Crippen molar-refractivity contribution in [1.29, 1.82) is 0 Å². The summed E-state index contributed by atoms with van der Waals surface area (Å²) in [7, 11) is 0. The molecule has 0 radical (unpaired) electrons. The first-order valence-corrected chi connectivity index (χ1v) is 32.3. The van der Waals surface area contributed by atoms with E-state index in [0.717, 1.165) is 39.2 Å². The summed E-state index contributed by atoms with van der Waals surface area (Å²) in [5, 5.41) is 0. The minimum atomic E-state index is -0.716. The highest BCUT2D eigenvalue weighted by atomic mass is 16.2. The summed E-state index contributed by atoms with van der Waals surface area (Å²) in [5.41, 5.74) is 4.16. The third-order valence-corrected chi connectivity index (χ3v) is 15.9. The van der Waals surface area contributed by atoms with Crippen LogP contribution in [-0.2, 0) is 32.5 Å². The molecule has 3 amide bonds. The highest BCUT2D eigenvalue weighted by Gasteiger charge is 2.37. The van der Waals surface area contributed by atoms with Crippen molar-refractivity contribution in [2.45, 2.75) is 178 Å². The van der Waals surface area contributed by atoms with Crippen LogP contribution >= 0.6 is 0 Å². The van der Waals surface area contributed by atoms with Gasteiger partial charge in [0.05, 0.1) is 46.0 Å². The minimum absolute atomic E-state index is 0.0150. The van der Waals surface area contributed by atoms with Crippen LogP contribution in [0.25, 0.3) is 33.9 Å². The normalized spacial score (nSPS) is 12.3. The lowest BCUT2D eigenvalue weighted by molar-refractivity contribution is 0.0996. The van der Waals surface area contributed by atoms with Gasteiger partial charge in [0.25, 0.3) is 17.7 Å². The molecule has 19 nitrogen and oxygen atoms in total. The first kappa shape index (κ1) is 68.6. The molecule has 0 atom stereocenters. The van der Waals surface area contributed by atoms with Gasteiger partial charge in [0.1, 0.15) is 34.9 Å². The summed E-state index contributed by atoms with van der Waals surface area (Å²) >= 11 is 0. The number of hydrogen-bond donors (Lipinski definition) is 0. The van der Waals surface area contributed by atoms with E-state index in [1.807, 2.05) is 230 Å². The third kappa shape index (κ3) is 14.8. The average molecular weight is 1280 g/mol. The summed E-state index contributed by atoms with van der Waals surface area (Å²) < 4.78 is 0. The zero-order chi connectivity index (χ0) is 69.8. The molecule has 0 aliphatic rings. The molecule has 0 fully saturated rings. The molecule has 7 aromatic heterocycles. The van der Waals surface area contributed by atoms with Crippen LogP contribution in [0.5, 0.6) is 0 Å². The molecule has 10 aromatic rings. The Balaban J connectivity index is 1.28. The number of nitrogens with zero attached hydrogens (tertiary/aromatic N) is 16. The van der Waals surface area contributed by atoms with E-state index in [1.165, 1.54) is 32.9 Å². The van der Waals surface area contributed by atoms with E-state index in [-0.39, 0.29) is 40.2 Å². The van der Waals surface area contributed by atoms with Crippen LogP contribution in [0, 0.1) is 20.8 Å². The molecule has 10 rings (SSSR count). The maximum Gasteiger partial charge on any atom is 0.265 e. The zero-order valence-corrected chi connectivity index (χ0v) is 59.2. The second-order valence-corrected chi connectivity index (χ2v) is 30.6. The van der Waals surface area contributed by atoms with E-state index in [0.29, 0.717) is 57.7 Å². The van der Waals surface area contributed by atoms with Crippen molar-refractivity contribution in [3.8, 4) is 33.9 Å². The van der Waals surface area contributed by atoms with E-state index in [4.69, 9.17) is 59.8 Å². The van der Waals surface area contributed by atoms with Crippen LogP contribution in [0.15, 0.2) is 140 Å². The van der Waals surface area contributed by atoms with Crippen LogP contribution in [0.3, 0.4) is 0 Å². The maximum atomic E-state index is 16.7. The van der Waals surface area contributed by atoms with E-state index in [2.05, 4.69) is 4.98 Å². The Hall–Kier alpha value is -10.3. The monoisotopic (exact) mass is 1280 g/mol. The predicted molar refractivity (Wildman–Crippen MR) is 379 cm³/mol. The second-order valence-electron chi connectivity index (χ2n) is 30.6. The van der Waals surface area contributed by atoms with Crippen molar-refractivity contribution in [2.24, 2.45) is 0 Å². The van der Waals surface area contributed by atoms with Crippen molar-refractivity contribution in [3.05, 3.63) is 208 Å². The van der Waals surface area contributed by atoms with Crippen LogP contribution in [-0.4, -0.2) is 82.5 Å². The molecule has 0 aliphatic heterocycles. The van der Waals surface area contributed by atoms with E-state index < -0.39 is 50.2 Å². The van der Waals surface area contributed by atoms with Crippen molar-refractivity contribution in [3.63, 3.8) is 0 Å². The molecule has 0 N–H and O–H groups in total. The van der Waals surface area contributed by atoms with Gasteiger partial charge in [0.15, 0.2) is 0 Å². The van der Waals surface area contributed by atoms with Gasteiger partial charge < -0.3 is 0 Å². The fourth-order valence-corrected chi connectivity index (χ4v) is 10.3. The summed E-state index contributed by atoms with van der Waals surface area (Å²) in [4.78, 5) is 119. The topological polar surface area (TPSA) is 228 Å². The Morgan fingerprint density at radius 2 is 0.562 bits per heavy atom. The first-order valence-electron chi connectivity index (χ1n) is 32.3. The Morgan fingerprint density at radius 1 is 0.302 bits per heavy atom. The summed E-state index contributed by atoms with van der Waals surface area (Å²) in [5.74, 6) is 0.516. The van der Waals surface area contributed by atoms with Crippen molar-refractivity contribution >= 4 is 52.6 Å². The molecule has 0 unspecified atom stereocenters. The zero-order valence-electron chi connectivity index (χ0n) is 59.2. The van der Waals surface area contributed by atoms with Crippen molar-refractivity contribution in [1.82, 2.24) is 64.8 Å². The van der Waals surface area contributed by atoms with Gasteiger partial charge in [0, 0.05) is 78.9 Å². The Kier molecular flexibility index (Phi) is 18.4. The van der Waals surface area contributed by atoms with Gasteiger partial charge in [-0.2, -0.15) is 29.9 Å². The van der Waals surface area contributed by atoms with Gasteiger partial charge in [0.2, 0.25) is 17.8 Å². The molecule has 0 saturated carbocycles. The van der Waals surface area contributed by atoms with Gasteiger partial charge in [-0.25, -0.2) is 29.7 Å². The summed E-state index contributed by atoms with van der Waals surface area (Å²) in [6.45, 7) is 41.8. The molecule has 0 bridgehead atoms. The standard InChI is InChI=1S/C77H86N16O3/c1-45-25-22-38-78-57(45)48-28-32-53(33-29-48)91(69-85-63(72(4,5)6)82-64(86-69)73(7,8)9)60(94)50-41-51(61(95)92(54-34-30-49(31-35-54)58-46(2)26-23-39-79-58)70-87-65(74(10,11)12)83-66(88-70)75(13,14)15)43-52(42-50)62(96)93(55-36-37-56(81-44-55)59-47(3)27-24-40-80-59)71-89-67(76(16,17)18)84-68(90-71)77(19,20)21/h22-44H,1-21H3. The largest absolute Gasteiger partial charge is 0.268 e. The van der Waals surface area contributed by atoms with E-state index in [9.17, 15) is 0 Å². The lowest BCUT2D eigenvalue weighted by Crippen LogP contribution is -2.34. The van der Waals surface area contributed by atoms with Crippen molar-refractivity contribution in [2.75, 3.05) is 14.7 Å². The van der Waals surface area contributed by atoms with Gasteiger partial charge in [-0.1, -0.05) is 167 Å². The number of anilines is 6. The molecular weight excluding hydrogens is 1200 g/mol. The molecular formula is C77H86N16O3. The van der Waals surface area contributed by atoms with Gasteiger partial charge in [-0.15, -0.1) is 0 Å². The Labute approximate surface area is 564 Å². The average Bonchev–Trinajstić information content (AvgIpc) is 0.768. The number of pyridine rings is 4. The van der Waals surface area contributed by atoms with Gasteiger partial charge in [-0.05, 0) is 110 Å². The highest BCUT2D eigenvalue weighted by molar-refractivity contribution is 6.18. The van der Waals surface area contributed by atoms with Crippen LogP contribution in [0.1, 0.15) is 207 Å². The predicted octanol–water partition coefficient (Wildman–Crippen LogP) is 16.5. The SMILES string of the molecule is Cc1cccnc1-c1ccc(N(C(=O)c2cc(C(=O)N(c3ccc(-c4ncccc4C)cc3)c3nc(C(C)(C)C)nc(C(C)(C)C)n3)cc(C(=O)N(c3ccc(-c4ncccc4C)nc3)c3nc(C(C)(C)C)nc(C(C)(C)C)n3)c2)c2nc(C(C)(C)C)nc(C(C)(C)C)n2)cc1. The Bertz CT molecular complexity index is 4010. The van der Waals surface area contributed by atoms with Gasteiger partial charge >= 0.3 is 0 Å². The Morgan fingerprint density at radius 3 is 0.812 bits per heavy atom. The number of aromatic nitrogens is 13. The fraction of sp³-hybridized carbons (Fsp3) is 0.351. The molecule has 0 aliphatic carbocycles. The molecule has 19 heteroatoms. The van der Waals surface area contributed by atoms with Gasteiger partial charge in [-0.3, -0.25) is 34.3 Å². The number of rotatable bonds is 12. The maximum absolute atomic E-state index is 16.7. The smallest absolute Gasteiger partial charge is 0.265 e. The molecule has 7 heterocycles. The molecule has 3 aromatic carbocycles.